The fourth-order valence-electron chi connectivity index (χ4n) is 3.73. The predicted molar refractivity (Wildman–Crippen MR) is 101 cm³/mol. The molecule has 1 N–H and O–H groups in total. The molecule has 1 fully saturated rings. The van der Waals surface area contributed by atoms with E-state index in [1.807, 2.05) is 6.07 Å². The van der Waals surface area contributed by atoms with Crippen molar-refractivity contribution < 1.29 is 14.4 Å². The monoisotopic (exact) mass is 413 g/mol. The Labute approximate surface area is 158 Å². The van der Waals surface area contributed by atoms with Crippen LogP contribution < -0.4 is 10.2 Å². The second-order valence-electron chi connectivity index (χ2n) is 6.39. The van der Waals surface area contributed by atoms with Gasteiger partial charge in [0.2, 0.25) is 11.6 Å². The molecule has 1 atom stereocenters. The lowest BCUT2D eigenvalue weighted by molar-refractivity contribution is -0.128. The predicted octanol–water partition coefficient (Wildman–Crippen LogP) is 3.00. The molecule has 0 aliphatic carbocycles. The molecule has 2 aromatic carbocycles. The number of likely N-dealkylation sites (N-methyl/N-ethyl adjacent to an activating group) is 1. The maximum absolute atomic E-state index is 13.3. The van der Waals surface area contributed by atoms with Crippen LogP contribution in [0.5, 0.6) is 0 Å². The van der Waals surface area contributed by atoms with E-state index in [1.165, 1.54) is 9.80 Å². The van der Waals surface area contributed by atoms with Crippen LogP contribution in [0.15, 0.2) is 53.0 Å². The molecule has 1 saturated heterocycles. The van der Waals surface area contributed by atoms with Crippen molar-refractivity contribution in [3.05, 3.63) is 58.6 Å². The standard InChI is InChI=1S/C19H16BrN3O3/c1-22-17(25)14-7-2-3-8-15(14)23-16(24)9-10-19(22,23)18(26)21-13-6-4-5-12(20)11-13/h2-8,11H,9-10H2,1H3,(H,21,26). The number of halogens is 1. The number of para-hydroxylation sites is 1. The van der Waals surface area contributed by atoms with E-state index in [0.717, 1.165) is 4.47 Å². The number of benzene rings is 2. The lowest BCUT2D eigenvalue weighted by atomic mass is 9.96. The minimum absolute atomic E-state index is 0.166. The molecule has 2 aromatic rings. The Bertz CT molecular complexity index is 945. The molecule has 6 nitrogen and oxygen atoms in total. The highest BCUT2D eigenvalue weighted by Gasteiger charge is 2.59. The minimum atomic E-state index is -1.36. The van der Waals surface area contributed by atoms with Crippen molar-refractivity contribution in [2.45, 2.75) is 18.5 Å². The molecule has 0 radical (unpaired) electrons. The Morgan fingerprint density at radius 1 is 1.15 bits per heavy atom. The van der Waals surface area contributed by atoms with Crippen LogP contribution >= 0.6 is 15.9 Å². The highest BCUT2D eigenvalue weighted by molar-refractivity contribution is 9.10. The number of anilines is 2. The Hall–Kier alpha value is -2.67. The maximum Gasteiger partial charge on any atom is 0.271 e. The zero-order valence-corrected chi connectivity index (χ0v) is 15.6. The summed E-state index contributed by atoms with van der Waals surface area (Å²) in [7, 11) is 1.57. The van der Waals surface area contributed by atoms with Crippen molar-refractivity contribution in [3.8, 4) is 0 Å². The van der Waals surface area contributed by atoms with Crippen LogP contribution in [0.25, 0.3) is 0 Å². The van der Waals surface area contributed by atoms with Crippen LogP contribution in [0, 0.1) is 0 Å². The fourth-order valence-corrected chi connectivity index (χ4v) is 4.12. The zero-order valence-electron chi connectivity index (χ0n) is 14.0. The van der Waals surface area contributed by atoms with Gasteiger partial charge in [-0.15, -0.1) is 0 Å². The van der Waals surface area contributed by atoms with Gasteiger partial charge in [0.1, 0.15) is 0 Å². The van der Waals surface area contributed by atoms with Gasteiger partial charge < -0.3 is 10.2 Å². The molecule has 2 heterocycles. The van der Waals surface area contributed by atoms with E-state index >= 15 is 0 Å². The summed E-state index contributed by atoms with van der Waals surface area (Å²) < 4.78 is 0.825. The summed E-state index contributed by atoms with van der Waals surface area (Å²) in [5.74, 6) is -0.830. The van der Waals surface area contributed by atoms with Crippen molar-refractivity contribution in [1.29, 1.82) is 0 Å². The molecule has 0 spiro atoms. The SMILES string of the molecule is CN1C(=O)c2ccccc2N2C(=O)CCC12C(=O)Nc1cccc(Br)c1. The number of amides is 3. The van der Waals surface area contributed by atoms with Gasteiger partial charge in [-0.25, -0.2) is 0 Å². The highest BCUT2D eigenvalue weighted by atomic mass is 79.9. The summed E-state index contributed by atoms with van der Waals surface area (Å²) in [6.45, 7) is 0. The summed E-state index contributed by atoms with van der Waals surface area (Å²) in [6, 6.07) is 14.1. The number of nitrogens with one attached hydrogen (secondary N) is 1. The molecule has 0 bridgehead atoms. The summed E-state index contributed by atoms with van der Waals surface area (Å²) in [4.78, 5) is 41.7. The normalized spacial score (nSPS) is 21.5. The number of rotatable bonds is 2. The highest BCUT2D eigenvalue weighted by Crippen LogP contribution is 2.44. The molecule has 26 heavy (non-hydrogen) atoms. The quantitative estimate of drug-likeness (QED) is 0.822. The summed E-state index contributed by atoms with van der Waals surface area (Å²) in [5, 5.41) is 2.86. The van der Waals surface area contributed by atoms with Crippen LogP contribution in [0.3, 0.4) is 0 Å². The van der Waals surface area contributed by atoms with E-state index in [9.17, 15) is 14.4 Å². The first-order chi connectivity index (χ1) is 12.4. The Morgan fingerprint density at radius 3 is 2.69 bits per heavy atom. The van der Waals surface area contributed by atoms with Gasteiger partial charge in [0.15, 0.2) is 0 Å². The third kappa shape index (κ3) is 2.27. The first-order valence-corrected chi connectivity index (χ1v) is 9.02. The molecular weight excluding hydrogens is 398 g/mol. The van der Waals surface area contributed by atoms with E-state index in [2.05, 4.69) is 21.2 Å². The maximum atomic E-state index is 13.3. The number of nitrogens with zero attached hydrogens (tertiary/aromatic N) is 2. The average Bonchev–Trinajstić information content (AvgIpc) is 2.98. The molecule has 0 aromatic heterocycles. The van der Waals surface area contributed by atoms with E-state index in [-0.39, 0.29) is 24.7 Å². The smallest absolute Gasteiger partial charge is 0.271 e. The van der Waals surface area contributed by atoms with Crippen LogP contribution in [-0.4, -0.2) is 35.3 Å². The second kappa shape index (κ2) is 5.95. The number of carbonyl (C=O) groups excluding carboxylic acids is 3. The van der Waals surface area contributed by atoms with Gasteiger partial charge in [-0.1, -0.05) is 34.1 Å². The number of hydrogen-bond donors (Lipinski definition) is 1. The van der Waals surface area contributed by atoms with Gasteiger partial charge >= 0.3 is 0 Å². The van der Waals surface area contributed by atoms with Gasteiger partial charge in [0.05, 0.1) is 11.3 Å². The molecule has 1 unspecified atom stereocenters. The van der Waals surface area contributed by atoms with E-state index in [4.69, 9.17) is 0 Å². The molecule has 4 rings (SSSR count). The van der Waals surface area contributed by atoms with Crippen molar-refractivity contribution >= 4 is 45.0 Å². The van der Waals surface area contributed by atoms with Crippen molar-refractivity contribution in [1.82, 2.24) is 4.90 Å². The van der Waals surface area contributed by atoms with Gasteiger partial charge in [-0.3, -0.25) is 19.3 Å². The van der Waals surface area contributed by atoms with E-state index in [0.29, 0.717) is 16.9 Å². The third-order valence-corrected chi connectivity index (χ3v) is 5.48. The minimum Gasteiger partial charge on any atom is -0.322 e. The first kappa shape index (κ1) is 16.8. The van der Waals surface area contributed by atoms with Crippen molar-refractivity contribution in [2.75, 3.05) is 17.3 Å². The van der Waals surface area contributed by atoms with Crippen molar-refractivity contribution in [3.63, 3.8) is 0 Å². The van der Waals surface area contributed by atoms with E-state index in [1.54, 1.807) is 49.5 Å². The van der Waals surface area contributed by atoms with Crippen LogP contribution in [0.2, 0.25) is 0 Å². The number of hydrogen-bond acceptors (Lipinski definition) is 3. The summed E-state index contributed by atoms with van der Waals surface area (Å²) in [5.41, 5.74) is 0.154. The van der Waals surface area contributed by atoms with Crippen LogP contribution in [0.4, 0.5) is 11.4 Å². The fraction of sp³-hybridized carbons (Fsp3) is 0.211. The second-order valence-corrected chi connectivity index (χ2v) is 7.31. The summed E-state index contributed by atoms with van der Waals surface area (Å²) in [6.07, 6.45) is 0.458. The molecule has 2 aliphatic heterocycles. The first-order valence-electron chi connectivity index (χ1n) is 8.22. The Kier molecular flexibility index (Phi) is 3.84. The summed E-state index contributed by atoms with van der Waals surface area (Å²) >= 11 is 3.37. The third-order valence-electron chi connectivity index (χ3n) is 4.99. The lowest BCUT2D eigenvalue weighted by Crippen LogP contribution is -2.68. The molecule has 3 amide bonds. The zero-order chi connectivity index (χ0) is 18.5. The van der Waals surface area contributed by atoms with Gasteiger partial charge in [-0.2, -0.15) is 0 Å². The van der Waals surface area contributed by atoms with Crippen LogP contribution in [-0.2, 0) is 9.59 Å². The molecule has 2 aliphatic rings. The largest absolute Gasteiger partial charge is 0.322 e. The number of carbonyl (C=O) groups is 3. The average molecular weight is 414 g/mol. The van der Waals surface area contributed by atoms with Gasteiger partial charge in [0.25, 0.3) is 11.8 Å². The molecule has 7 heteroatoms. The molecular formula is C19H16BrN3O3. The number of fused-ring (bicyclic) bond motifs is 3. The Balaban J connectivity index is 1.81. The topological polar surface area (TPSA) is 69.7 Å². The van der Waals surface area contributed by atoms with Gasteiger partial charge in [-0.05, 0) is 30.3 Å². The molecule has 132 valence electrons. The molecule has 0 saturated carbocycles. The van der Waals surface area contributed by atoms with Crippen LogP contribution in [0.1, 0.15) is 23.2 Å². The Morgan fingerprint density at radius 2 is 1.92 bits per heavy atom. The lowest BCUT2D eigenvalue weighted by Gasteiger charge is -2.47. The van der Waals surface area contributed by atoms with Gasteiger partial charge in [0, 0.05) is 30.0 Å². The van der Waals surface area contributed by atoms with E-state index < -0.39 is 11.6 Å². The van der Waals surface area contributed by atoms with Crippen molar-refractivity contribution in [2.24, 2.45) is 0 Å².